The van der Waals surface area contributed by atoms with E-state index in [1.807, 2.05) is 6.92 Å². The number of carbonyl (C=O) groups excluding carboxylic acids is 2. The number of benzene rings is 1. The largest absolute Gasteiger partial charge is 0.480 e. The molecule has 1 fully saturated rings. The summed E-state index contributed by atoms with van der Waals surface area (Å²) in [6.45, 7) is 1.43. The van der Waals surface area contributed by atoms with Crippen molar-refractivity contribution in [3.05, 3.63) is 34.3 Å². The van der Waals surface area contributed by atoms with Gasteiger partial charge in [-0.1, -0.05) is 17.7 Å². The van der Waals surface area contributed by atoms with Gasteiger partial charge in [0.2, 0.25) is 5.91 Å². The topological polar surface area (TPSA) is 86.7 Å². The summed E-state index contributed by atoms with van der Waals surface area (Å²) < 4.78 is 0. The Labute approximate surface area is 120 Å². The molecule has 2 N–H and O–H groups in total. The Morgan fingerprint density at radius 1 is 1.45 bits per heavy atom. The molecule has 1 unspecified atom stereocenters. The van der Waals surface area contributed by atoms with Crippen LogP contribution in [0.1, 0.15) is 15.9 Å². The molecule has 7 heteroatoms. The highest BCUT2D eigenvalue weighted by atomic mass is 35.5. The first-order valence-corrected chi connectivity index (χ1v) is 6.34. The number of hydrogen-bond donors (Lipinski definition) is 2. The molecule has 0 aromatic heterocycles. The highest BCUT2D eigenvalue weighted by molar-refractivity contribution is 6.34. The Kier molecular flexibility index (Phi) is 3.94. The number of nitrogens with one attached hydrogen (secondary N) is 1. The number of rotatable bonds is 2. The van der Waals surface area contributed by atoms with Crippen LogP contribution in [0.25, 0.3) is 0 Å². The summed E-state index contributed by atoms with van der Waals surface area (Å²) in [5.74, 6) is -2.11. The highest BCUT2D eigenvalue weighted by Gasteiger charge is 2.36. The average Bonchev–Trinajstić information content (AvgIpc) is 2.37. The molecule has 20 heavy (non-hydrogen) atoms. The number of amides is 2. The van der Waals surface area contributed by atoms with Crippen molar-refractivity contribution < 1.29 is 19.5 Å². The Balaban J connectivity index is 2.33. The van der Waals surface area contributed by atoms with Crippen LogP contribution in [0.4, 0.5) is 0 Å². The SMILES string of the molecule is Cc1ccc(C(=O)N2CC(=O)NCC2C(=O)O)c(Cl)c1. The first kappa shape index (κ1) is 14.3. The van der Waals surface area contributed by atoms with E-state index in [2.05, 4.69) is 5.32 Å². The molecule has 1 aromatic rings. The van der Waals surface area contributed by atoms with Gasteiger partial charge in [0.15, 0.2) is 0 Å². The van der Waals surface area contributed by atoms with Gasteiger partial charge < -0.3 is 15.3 Å². The number of hydrogen-bond acceptors (Lipinski definition) is 3. The lowest BCUT2D eigenvalue weighted by Gasteiger charge is -2.32. The monoisotopic (exact) mass is 296 g/mol. The van der Waals surface area contributed by atoms with Gasteiger partial charge in [0.1, 0.15) is 12.6 Å². The van der Waals surface area contributed by atoms with Crippen molar-refractivity contribution in [1.29, 1.82) is 0 Å². The van der Waals surface area contributed by atoms with E-state index in [-0.39, 0.29) is 29.6 Å². The second kappa shape index (κ2) is 5.50. The maximum atomic E-state index is 12.4. The smallest absolute Gasteiger partial charge is 0.328 e. The summed E-state index contributed by atoms with van der Waals surface area (Å²) in [5, 5.41) is 11.8. The van der Waals surface area contributed by atoms with Crippen LogP contribution in [0.2, 0.25) is 5.02 Å². The third-order valence-electron chi connectivity index (χ3n) is 3.08. The van der Waals surface area contributed by atoms with Gasteiger partial charge in [-0.15, -0.1) is 0 Å². The van der Waals surface area contributed by atoms with Crippen molar-refractivity contribution in [3.63, 3.8) is 0 Å². The normalized spacial score (nSPS) is 18.6. The van der Waals surface area contributed by atoms with Gasteiger partial charge in [0.05, 0.1) is 10.6 Å². The van der Waals surface area contributed by atoms with Crippen molar-refractivity contribution in [1.82, 2.24) is 10.2 Å². The summed E-state index contributed by atoms with van der Waals surface area (Å²) in [4.78, 5) is 36.0. The van der Waals surface area contributed by atoms with Crippen LogP contribution < -0.4 is 5.32 Å². The lowest BCUT2D eigenvalue weighted by atomic mass is 10.1. The minimum absolute atomic E-state index is 0.108. The second-order valence-electron chi connectivity index (χ2n) is 4.57. The standard InChI is InChI=1S/C13H13ClN2O4/c1-7-2-3-8(9(14)4-7)12(18)16-6-11(17)15-5-10(16)13(19)20/h2-4,10H,5-6H2,1H3,(H,15,17)(H,19,20). The van der Waals surface area contributed by atoms with Gasteiger partial charge in [-0.25, -0.2) is 4.79 Å². The van der Waals surface area contributed by atoms with E-state index in [9.17, 15) is 14.4 Å². The molecule has 1 atom stereocenters. The van der Waals surface area contributed by atoms with E-state index in [4.69, 9.17) is 16.7 Å². The molecule has 0 saturated carbocycles. The van der Waals surface area contributed by atoms with Crippen LogP contribution in [0, 0.1) is 6.92 Å². The van der Waals surface area contributed by atoms with Gasteiger partial charge in [-0.05, 0) is 24.6 Å². The third-order valence-corrected chi connectivity index (χ3v) is 3.40. The lowest BCUT2D eigenvalue weighted by molar-refractivity contribution is -0.144. The van der Waals surface area contributed by atoms with Gasteiger partial charge in [0.25, 0.3) is 5.91 Å². The maximum absolute atomic E-state index is 12.4. The fourth-order valence-electron chi connectivity index (χ4n) is 2.02. The molecule has 1 saturated heterocycles. The van der Waals surface area contributed by atoms with E-state index < -0.39 is 17.9 Å². The van der Waals surface area contributed by atoms with Crippen LogP contribution >= 0.6 is 11.6 Å². The molecule has 1 aromatic carbocycles. The summed E-state index contributed by atoms with van der Waals surface area (Å²) >= 11 is 6.01. The van der Waals surface area contributed by atoms with Crippen LogP contribution in [0.3, 0.4) is 0 Å². The van der Waals surface area contributed by atoms with Gasteiger partial charge in [0, 0.05) is 6.54 Å². The lowest BCUT2D eigenvalue weighted by Crippen LogP contribution is -2.59. The summed E-state index contributed by atoms with van der Waals surface area (Å²) in [7, 11) is 0. The summed E-state index contributed by atoms with van der Waals surface area (Å²) in [6, 6.07) is 3.77. The van der Waals surface area contributed by atoms with E-state index in [0.29, 0.717) is 0 Å². The first-order valence-electron chi connectivity index (χ1n) is 5.97. The van der Waals surface area contributed by atoms with Gasteiger partial charge >= 0.3 is 5.97 Å². The zero-order chi connectivity index (χ0) is 14.9. The molecular formula is C13H13ClN2O4. The first-order chi connectivity index (χ1) is 9.40. The molecule has 0 bridgehead atoms. The molecule has 6 nitrogen and oxygen atoms in total. The molecule has 2 rings (SSSR count). The third kappa shape index (κ3) is 2.75. The van der Waals surface area contributed by atoms with E-state index in [0.717, 1.165) is 10.5 Å². The molecular weight excluding hydrogens is 284 g/mol. The minimum Gasteiger partial charge on any atom is -0.480 e. The molecule has 106 valence electrons. The number of carboxylic acid groups (broad SMARTS) is 1. The Morgan fingerprint density at radius 2 is 2.15 bits per heavy atom. The fourth-order valence-corrected chi connectivity index (χ4v) is 2.34. The molecule has 1 aliphatic rings. The van der Waals surface area contributed by atoms with Crippen molar-refractivity contribution >= 4 is 29.4 Å². The quantitative estimate of drug-likeness (QED) is 0.840. The Bertz CT molecular complexity index is 588. The van der Waals surface area contributed by atoms with Crippen LogP contribution in [-0.2, 0) is 9.59 Å². The molecule has 0 aliphatic carbocycles. The van der Waals surface area contributed by atoms with Crippen molar-refractivity contribution in [2.24, 2.45) is 0 Å². The number of piperazine rings is 1. The molecule has 0 radical (unpaired) electrons. The minimum atomic E-state index is -1.17. The number of carbonyl (C=O) groups is 3. The number of aliphatic carboxylic acids is 1. The number of nitrogens with zero attached hydrogens (tertiary/aromatic N) is 1. The van der Waals surface area contributed by atoms with Crippen LogP contribution in [0.15, 0.2) is 18.2 Å². The van der Waals surface area contributed by atoms with E-state index in [1.54, 1.807) is 12.1 Å². The number of aryl methyl sites for hydroxylation is 1. The highest BCUT2D eigenvalue weighted by Crippen LogP contribution is 2.21. The van der Waals surface area contributed by atoms with Crippen LogP contribution in [0.5, 0.6) is 0 Å². The van der Waals surface area contributed by atoms with Gasteiger partial charge in [-0.3, -0.25) is 9.59 Å². The summed E-state index contributed by atoms with van der Waals surface area (Å²) in [6.07, 6.45) is 0. The van der Waals surface area contributed by atoms with Crippen molar-refractivity contribution in [2.45, 2.75) is 13.0 Å². The zero-order valence-corrected chi connectivity index (χ0v) is 11.5. The van der Waals surface area contributed by atoms with Crippen LogP contribution in [-0.4, -0.2) is 46.9 Å². The molecule has 0 spiro atoms. The van der Waals surface area contributed by atoms with E-state index >= 15 is 0 Å². The molecule has 1 aliphatic heterocycles. The second-order valence-corrected chi connectivity index (χ2v) is 4.98. The fraction of sp³-hybridized carbons (Fsp3) is 0.308. The van der Waals surface area contributed by atoms with Crippen molar-refractivity contribution in [3.8, 4) is 0 Å². The molecule has 2 amide bonds. The number of carboxylic acids is 1. The van der Waals surface area contributed by atoms with E-state index in [1.165, 1.54) is 6.07 Å². The zero-order valence-electron chi connectivity index (χ0n) is 10.7. The average molecular weight is 297 g/mol. The predicted octanol–water partition coefficient (Wildman–Crippen LogP) is 0.674. The Morgan fingerprint density at radius 3 is 2.75 bits per heavy atom. The van der Waals surface area contributed by atoms with Gasteiger partial charge in [-0.2, -0.15) is 0 Å². The molecule has 1 heterocycles. The maximum Gasteiger partial charge on any atom is 0.328 e. The number of halogens is 1. The van der Waals surface area contributed by atoms with Crippen molar-refractivity contribution in [2.75, 3.05) is 13.1 Å². The summed E-state index contributed by atoms with van der Waals surface area (Å²) in [5.41, 5.74) is 1.08. The predicted molar refractivity (Wildman–Crippen MR) is 71.7 cm³/mol. The Hall–Kier alpha value is -2.08.